The van der Waals surface area contributed by atoms with Crippen molar-refractivity contribution in [3.63, 3.8) is 0 Å². The molecule has 1 heterocycles. The third-order valence-corrected chi connectivity index (χ3v) is 2.69. The molecule has 0 aromatic rings. The van der Waals surface area contributed by atoms with Crippen LogP contribution in [0.2, 0.25) is 0 Å². The zero-order valence-electron chi connectivity index (χ0n) is 6.92. The topological polar surface area (TPSA) is 18.5 Å². The van der Waals surface area contributed by atoms with Gasteiger partial charge in [-0.1, -0.05) is 25.7 Å². The van der Waals surface area contributed by atoms with Gasteiger partial charge in [0.05, 0.1) is 13.2 Å². The van der Waals surface area contributed by atoms with E-state index in [1.54, 1.807) is 0 Å². The smallest absolute Gasteiger partial charge is 0.158 e. The maximum absolute atomic E-state index is 5.39. The Morgan fingerprint density at radius 3 is 2.27 bits per heavy atom. The molecule has 2 aliphatic rings. The highest BCUT2D eigenvalue weighted by molar-refractivity contribution is 4.69. The molecule has 0 amide bonds. The van der Waals surface area contributed by atoms with Gasteiger partial charge in [0.15, 0.2) is 6.29 Å². The standard InChI is InChI=1S/C9H16O2/c1-2-4-8(3-1)7-9-10-5-6-11-9/h8-9H,1-7H2. The summed E-state index contributed by atoms with van der Waals surface area (Å²) >= 11 is 0. The molecule has 0 radical (unpaired) electrons. The Labute approximate surface area is 67.9 Å². The summed E-state index contributed by atoms with van der Waals surface area (Å²) in [5.74, 6) is 0.887. The number of hydrogen-bond acceptors (Lipinski definition) is 2. The zero-order chi connectivity index (χ0) is 7.52. The summed E-state index contributed by atoms with van der Waals surface area (Å²) in [5, 5.41) is 0. The van der Waals surface area contributed by atoms with Crippen molar-refractivity contribution >= 4 is 0 Å². The summed E-state index contributed by atoms with van der Waals surface area (Å²) in [6.07, 6.45) is 6.89. The zero-order valence-corrected chi connectivity index (χ0v) is 6.92. The van der Waals surface area contributed by atoms with Gasteiger partial charge in [-0.25, -0.2) is 0 Å². The van der Waals surface area contributed by atoms with Crippen LogP contribution in [0.25, 0.3) is 0 Å². The van der Waals surface area contributed by atoms with Crippen LogP contribution in [0.4, 0.5) is 0 Å². The van der Waals surface area contributed by atoms with E-state index in [2.05, 4.69) is 0 Å². The molecule has 64 valence electrons. The molecule has 2 nitrogen and oxygen atoms in total. The van der Waals surface area contributed by atoms with E-state index in [0.717, 1.165) is 25.6 Å². The van der Waals surface area contributed by atoms with Gasteiger partial charge >= 0.3 is 0 Å². The predicted molar refractivity (Wildman–Crippen MR) is 42.3 cm³/mol. The van der Waals surface area contributed by atoms with Gasteiger partial charge < -0.3 is 9.47 Å². The lowest BCUT2D eigenvalue weighted by molar-refractivity contribution is -0.0563. The normalized spacial score (nSPS) is 28.4. The second-order valence-electron chi connectivity index (χ2n) is 3.56. The van der Waals surface area contributed by atoms with Crippen LogP contribution < -0.4 is 0 Å². The van der Waals surface area contributed by atoms with Crippen molar-refractivity contribution < 1.29 is 9.47 Å². The minimum absolute atomic E-state index is 0.137. The van der Waals surface area contributed by atoms with Crippen LogP contribution in [0.3, 0.4) is 0 Å². The average molecular weight is 156 g/mol. The van der Waals surface area contributed by atoms with Crippen molar-refractivity contribution in [1.29, 1.82) is 0 Å². The van der Waals surface area contributed by atoms with Crippen LogP contribution in [0.5, 0.6) is 0 Å². The molecule has 0 aromatic carbocycles. The van der Waals surface area contributed by atoms with E-state index in [9.17, 15) is 0 Å². The summed E-state index contributed by atoms with van der Waals surface area (Å²) in [6, 6.07) is 0. The lowest BCUT2D eigenvalue weighted by atomic mass is 10.0. The van der Waals surface area contributed by atoms with E-state index >= 15 is 0 Å². The summed E-state index contributed by atoms with van der Waals surface area (Å²) in [7, 11) is 0. The molecule has 2 rings (SSSR count). The molecule has 0 unspecified atom stereocenters. The minimum Gasteiger partial charge on any atom is -0.350 e. The second kappa shape index (κ2) is 3.55. The SMILES string of the molecule is C1CCC(CC2OCCO2)C1. The van der Waals surface area contributed by atoms with Gasteiger partial charge in [0.1, 0.15) is 0 Å². The monoisotopic (exact) mass is 156 g/mol. The fourth-order valence-electron chi connectivity index (χ4n) is 2.06. The van der Waals surface area contributed by atoms with Crippen LogP contribution >= 0.6 is 0 Å². The fourth-order valence-corrected chi connectivity index (χ4v) is 2.06. The molecular weight excluding hydrogens is 140 g/mol. The first-order chi connectivity index (χ1) is 5.45. The highest BCUT2D eigenvalue weighted by Crippen LogP contribution is 2.30. The van der Waals surface area contributed by atoms with E-state index in [1.807, 2.05) is 0 Å². The molecule has 0 atom stereocenters. The van der Waals surface area contributed by atoms with Crippen molar-refractivity contribution in [2.45, 2.75) is 38.4 Å². The molecule has 2 heteroatoms. The fraction of sp³-hybridized carbons (Fsp3) is 1.00. The summed E-state index contributed by atoms with van der Waals surface area (Å²) in [4.78, 5) is 0. The van der Waals surface area contributed by atoms with E-state index in [-0.39, 0.29) is 6.29 Å². The Balaban J connectivity index is 1.71. The molecular formula is C9H16O2. The highest BCUT2D eigenvalue weighted by Gasteiger charge is 2.23. The van der Waals surface area contributed by atoms with Gasteiger partial charge in [-0.3, -0.25) is 0 Å². The van der Waals surface area contributed by atoms with Crippen molar-refractivity contribution in [3.05, 3.63) is 0 Å². The van der Waals surface area contributed by atoms with E-state index in [0.29, 0.717) is 0 Å². The van der Waals surface area contributed by atoms with E-state index < -0.39 is 0 Å². The Morgan fingerprint density at radius 2 is 1.64 bits per heavy atom. The third kappa shape index (κ3) is 1.94. The molecule has 11 heavy (non-hydrogen) atoms. The lowest BCUT2D eigenvalue weighted by Crippen LogP contribution is -2.12. The maximum atomic E-state index is 5.39. The quantitative estimate of drug-likeness (QED) is 0.608. The number of ether oxygens (including phenoxy) is 2. The summed E-state index contributed by atoms with van der Waals surface area (Å²) in [6.45, 7) is 1.61. The van der Waals surface area contributed by atoms with Crippen molar-refractivity contribution in [2.24, 2.45) is 5.92 Å². The van der Waals surface area contributed by atoms with Crippen LogP contribution in [0.1, 0.15) is 32.1 Å². The first kappa shape index (κ1) is 7.56. The van der Waals surface area contributed by atoms with Gasteiger partial charge in [0.2, 0.25) is 0 Å². The Bertz CT molecular complexity index is 98.7. The highest BCUT2D eigenvalue weighted by atomic mass is 16.7. The van der Waals surface area contributed by atoms with Crippen molar-refractivity contribution in [1.82, 2.24) is 0 Å². The summed E-state index contributed by atoms with van der Waals surface area (Å²) in [5.41, 5.74) is 0. The molecule has 0 aromatic heterocycles. The van der Waals surface area contributed by atoms with Crippen LogP contribution in [0.15, 0.2) is 0 Å². The van der Waals surface area contributed by atoms with Crippen LogP contribution in [0, 0.1) is 5.92 Å². The predicted octanol–water partition coefficient (Wildman–Crippen LogP) is 1.94. The first-order valence-electron chi connectivity index (χ1n) is 4.68. The maximum Gasteiger partial charge on any atom is 0.158 e. The van der Waals surface area contributed by atoms with Gasteiger partial charge in [0, 0.05) is 6.42 Å². The van der Waals surface area contributed by atoms with E-state index in [4.69, 9.17) is 9.47 Å². The Morgan fingerprint density at radius 1 is 1.00 bits per heavy atom. The van der Waals surface area contributed by atoms with Gasteiger partial charge in [0.25, 0.3) is 0 Å². The third-order valence-electron chi connectivity index (χ3n) is 2.69. The van der Waals surface area contributed by atoms with Crippen LogP contribution in [-0.2, 0) is 9.47 Å². The van der Waals surface area contributed by atoms with Crippen molar-refractivity contribution in [2.75, 3.05) is 13.2 Å². The molecule has 1 aliphatic carbocycles. The lowest BCUT2D eigenvalue weighted by Gasteiger charge is -2.13. The summed E-state index contributed by atoms with van der Waals surface area (Å²) < 4.78 is 10.8. The molecule has 0 bridgehead atoms. The molecule has 0 N–H and O–H groups in total. The number of rotatable bonds is 2. The molecule has 1 aliphatic heterocycles. The largest absolute Gasteiger partial charge is 0.350 e. The Kier molecular flexibility index (Phi) is 2.44. The van der Waals surface area contributed by atoms with Gasteiger partial charge in [-0.15, -0.1) is 0 Å². The molecule has 1 saturated carbocycles. The second-order valence-corrected chi connectivity index (χ2v) is 3.56. The first-order valence-corrected chi connectivity index (χ1v) is 4.68. The molecule has 0 spiro atoms. The van der Waals surface area contributed by atoms with Gasteiger partial charge in [-0.05, 0) is 5.92 Å². The van der Waals surface area contributed by atoms with Crippen LogP contribution in [-0.4, -0.2) is 19.5 Å². The average Bonchev–Trinajstić information content (AvgIpc) is 2.60. The van der Waals surface area contributed by atoms with Crippen molar-refractivity contribution in [3.8, 4) is 0 Å². The van der Waals surface area contributed by atoms with Gasteiger partial charge in [-0.2, -0.15) is 0 Å². The minimum atomic E-state index is 0.137. The van der Waals surface area contributed by atoms with E-state index in [1.165, 1.54) is 25.7 Å². The number of hydrogen-bond donors (Lipinski definition) is 0. The molecule has 2 fully saturated rings. The Hall–Kier alpha value is -0.0800. The molecule has 1 saturated heterocycles.